The van der Waals surface area contributed by atoms with Crippen LogP contribution in [0.4, 0.5) is 0 Å². The zero-order chi connectivity index (χ0) is 17.5. The van der Waals surface area contributed by atoms with Gasteiger partial charge in [-0.2, -0.15) is 5.10 Å². The van der Waals surface area contributed by atoms with Crippen LogP contribution in [0.2, 0.25) is 0 Å². The van der Waals surface area contributed by atoms with E-state index in [-0.39, 0.29) is 24.0 Å². The molecular weight excluding hydrogens is 425 g/mol. The number of halogens is 1. The summed E-state index contributed by atoms with van der Waals surface area (Å²) >= 11 is 0. The normalized spacial score (nSPS) is 16.6. The van der Waals surface area contributed by atoms with Crippen molar-refractivity contribution >= 4 is 29.9 Å². The number of guanidine groups is 1. The number of nitrogens with one attached hydrogen (secondary N) is 2. The second-order valence-electron chi connectivity index (χ2n) is 7.31. The third kappa shape index (κ3) is 6.79. The molecule has 1 saturated carbocycles. The van der Waals surface area contributed by atoms with Crippen molar-refractivity contribution in [3.63, 3.8) is 0 Å². The van der Waals surface area contributed by atoms with E-state index in [1.165, 1.54) is 49.8 Å². The molecule has 1 fully saturated rings. The molecule has 2 N–H and O–H groups in total. The van der Waals surface area contributed by atoms with E-state index in [0.717, 1.165) is 30.5 Å². The van der Waals surface area contributed by atoms with Gasteiger partial charge in [-0.05, 0) is 51.5 Å². The molecule has 6 heteroatoms. The highest BCUT2D eigenvalue weighted by Gasteiger charge is 2.15. The SMILES string of the molecule is CN=C(NCCCC1CCCC1)NC(C)Cc1c(C)nn(C)c1C.I. The number of nitrogens with zero attached hydrogens (tertiary/aromatic N) is 3. The number of aromatic nitrogens is 2. The highest BCUT2D eigenvalue weighted by atomic mass is 127. The molecule has 144 valence electrons. The number of hydrogen-bond acceptors (Lipinski definition) is 2. The summed E-state index contributed by atoms with van der Waals surface area (Å²) in [4.78, 5) is 4.36. The largest absolute Gasteiger partial charge is 0.356 e. The minimum Gasteiger partial charge on any atom is -0.356 e. The van der Waals surface area contributed by atoms with Crippen molar-refractivity contribution < 1.29 is 0 Å². The molecule has 1 unspecified atom stereocenters. The number of rotatable bonds is 7. The third-order valence-electron chi connectivity index (χ3n) is 5.33. The average molecular weight is 461 g/mol. The van der Waals surface area contributed by atoms with Crippen molar-refractivity contribution in [2.45, 2.75) is 71.8 Å². The summed E-state index contributed by atoms with van der Waals surface area (Å²) in [6.45, 7) is 7.44. The highest BCUT2D eigenvalue weighted by Crippen LogP contribution is 2.28. The summed E-state index contributed by atoms with van der Waals surface area (Å²) in [5.74, 6) is 1.88. The minimum absolute atomic E-state index is 0. The molecule has 1 atom stereocenters. The molecule has 0 spiro atoms. The molecular formula is C19H36IN5. The van der Waals surface area contributed by atoms with E-state index >= 15 is 0 Å². The Labute approximate surface area is 170 Å². The first-order valence-corrected chi connectivity index (χ1v) is 9.47. The smallest absolute Gasteiger partial charge is 0.191 e. The van der Waals surface area contributed by atoms with Gasteiger partial charge in [-0.15, -0.1) is 24.0 Å². The van der Waals surface area contributed by atoms with Gasteiger partial charge in [-0.25, -0.2) is 0 Å². The predicted molar refractivity (Wildman–Crippen MR) is 117 cm³/mol. The topological polar surface area (TPSA) is 54.2 Å². The van der Waals surface area contributed by atoms with Crippen molar-refractivity contribution in [2.75, 3.05) is 13.6 Å². The van der Waals surface area contributed by atoms with Crippen molar-refractivity contribution in [1.29, 1.82) is 0 Å². The second kappa shape index (κ2) is 11.0. The van der Waals surface area contributed by atoms with E-state index in [2.05, 4.69) is 41.5 Å². The lowest BCUT2D eigenvalue weighted by atomic mass is 10.0. The number of aliphatic imine (C=N–C) groups is 1. The number of aryl methyl sites for hydroxylation is 2. The molecule has 0 radical (unpaired) electrons. The molecule has 0 aliphatic heterocycles. The lowest BCUT2D eigenvalue weighted by Gasteiger charge is -2.18. The van der Waals surface area contributed by atoms with Gasteiger partial charge < -0.3 is 10.6 Å². The van der Waals surface area contributed by atoms with Gasteiger partial charge in [0.15, 0.2) is 5.96 Å². The zero-order valence-electron chi connectivity index (χ0n) is 16.6. The van der Waals surface area contributed by atoms with Gasteiger partial charge >= 0.3 is 0 Å². The molecule has 1 heterocycles. The van der Waals surface area contributed by atoms with Crippen LogP contribution in [0.5, 0.6) is 0 Å². The maximum atomic E-state index is 4.50. The molecule has 1 aromatic rings. The Morgan fingerprint density at radius 3 is 2.56 bits per heavy atom. The van der Waals surface area contributed by atoms with Gasteiger partial charge in [-0.1, -0.05) is 25.7 Å². The van der Waals surface area contributed by atoms with E-state index in [0.29, 0.717) is 6.04 Å². The standard InChI is InChI=1S/C19H35N5.HI/c1-14(13-18-15(2)23-24(5)16(18)3)22-19(20-4)21-12-8-11-17-9-6-7-10-17;/h14,17H,6-13H2,1-5H3,(H2,20,21,22);1H. The maximum absolute atomic E-state index is 4.50. The van der Waals surface area contributed by atoms with Crippen LogP contribution < -0.4 is 10.6 Å². The Hall–Kier alpha value is -0.790. The molecule has 0 bridgehead atoms. The molecule has 1 aliphatic carbocycles. The van der Waals surface area contributed by atoms with Crippen LogP contribution in [0.25, 0.3) is 0 Å². The Kier molecular flexibility index (Phi) is 9.82. The second-order valence-corrected chi connectivity index (χ2v) is 7.31. The predicted octanol–water partition coefficient (Wildman–Crippen LogP) is 3.72. The van der Waals surface area contributed by atoms with Crippen LogP contribution in [-0.2, 0) is 13.5 Å². The Morgan fingerprint density at radius 1 is 1.32 bits per heavy atom. The molecule has 1 aromatic heterocycles. The molecule has 0 aromatic carbocycles. The monoisotopic (exact) mass is 461 g/mol. The zero-order valence-corrected chi connectivity index (χ0v) is 18.9. The molecule has 2 rings (SSSR count). The summed E-state index contributed by atoms with van der Waals surface area (Å²) in [7, 11) is 3.86. The van der Waals surface area contributed by atoms with Crippen LogP contribution in [0, 0.1) is 19.8 Å². The van der Waals surface area contributed by atoms with Crippen LogP contribution >= 0.6 is 24.0 Å². The Balaban J connectivity index is 0.00000312. The highest BCUT2D eigenvalue weighted by molar-refractivity contribution is 14.0. The summed E-state index contributed by atoms with van der Waals surface area (Å²) in [6.07, 6.45) is 9.31. The fourth-order valence-electron chi connectivity index (χ4n) is 3.79. The number of hydrogen-bond donors (Lipinski definition) is 2. The molecule has 0 saturated heterocycles. The maximum Gasteiger partial charge on any atom is 0.191 e. The van der Waals surface area contributed by atoms with Crippen molar-refractivity contribution in [3.8, 4) is 0 Å². The first-order valence-electron chi connectivity index (χ1n) is 9.47. The van der Waals surface area contributed by atoms with E-state index in [1.54, 1.807) is 0 Å². The van der Waals surface area contributed by atoms with Gasteiger partial charge in [0, 0.05) is 32.4 Å². The third-order valence-corrected chi connectivity index (χ3v) is 5.33. The van der Waals surface area contributed by atoms with Gasteiger partial charge in [-0.3, -0.25) is 9.67 Å². The quantitative estimate of drug-likeness (QED) is 0.282. The lowest BCUT2D eigenvalue weighted by Crippen LogP contribution is -2.43. The fourth-order valence-corrected chi connectivity index (χ4v) is 3.79. The van der Waals surface area contributed by atoms with Crippen LogP contribution in [0.3, 0.4) is 0 Å². The van der Waals surface area contributed by atoms with Crippen molar-refractivity contribution in [2.24, 2.45) is 18.0 Å². The van der Waals surface area contributed by atoms with E-state index in [1.807, 2.05) is 18.8 Å². The molecule has 5 nitrogen and oxygen atoms in total. The van der Waals surface area contributed by atoms with E-state index in [4.69, 9.17) is 0 Å². The van der Waals surface area contributed by atoms with Gasteiger partial charge in [0.05, 0.1) is 5.69 Å². The Bertz CT molecular complexity index is 546. The summed E-state index contributed by atoms with van der Waals surface area (Å²) in [6, 6.07) is 0.327. The fraction of sp³-hybridized carbons (Fsp3) is 0.789. The summed E-state index contributed by atoms with van der Waals surface area (Å²) in [5, 5.41) is 11.5. The van der Waals surface area contributed by atoms with E-state index < -0.39 is 0 Å². The molecule has 25 heavy (non-hydrogen) atoms. The van der Waals surface area contributed by atoms with Crippen LogP contribution in [-0.4, -0.2) is 35.4 Å². The van der Waals surface area contributed by atoms with Crippen LogP contribution in [0.1, 0.15) is 62.4 Å². The first kappa shape index (κ1) is 22.3. The van der Waals surface area contributed by atoms with Gasteiger partial charge in [0.2, 0.25) is 0 Å². The molecule has 1 aliphatic rings. The minimum atomic E-state index is 0. The molecule has 0 amide bonds. The summed E-state index contributed by atoms with van der Waals surface area (Å²) < 4.78 is 1.97. The average Bonchev–Trinajstić information content (AvgIpc) is 3.14. The van der Waals surface area contributed by atoms with E-state index in [9.17, 15) is 0 Å². The summed E-state index contributed by atoms with van der Waals surface area (Å²) in [5.41, 5.74) is 3.72. The van der Waals surface area contributed by atoms with Gasteiger partial charge in [0.25, 0.3) is 0 Å². The van der Waals surface area contributed by atoms with Crippen LogP contribution in [0.15, 0.2) is 4.99 Å². The first-order chi connectivity index (χ1) is 11.5. The van der Waals surface area contributed by atoms with Gasteiger partial charge in [0.1, 0.15) is 0 Å². The van der Waals surface area contributed by atoms with Crippen molar-refractivity contribution in [1.82, 2.24) is 20.4 Å². The Morgan fingerprint density at radius 2 is 2.00 bits per heavy atom. The van der Waals surface area contributed by atoms with Crippen molar-refractivity contribution in [3.05, 3.63) is 17.0 Å². The lowest BCUT2D eigenvalue weighted by molar-refractivity contribution is 0.480.